The first-order chi connectivity index (χ1) is 13.9. The normalized spacial score (nSPS) is 11.9. The number of nitrogens with one attached hydrogen (secondary N) is 1. The van der Waals surface area contributed by atoms with Crippen molar-refractivity contribution in [2.45, 2.75) is 12.8 Å². The van der Waals surface area contributed by atoms with E-state index in [1.807, 2.05) is 6.07 Å². The highest BCUT2D eigenvalue weighted by Gasteiger charge is 2.19. The Hall–Kier alpha value is -3.06. The molecule has 0 radical (unpaired) electrons. The van der Waals surface area contributed by atoms with Crippen molar-refractivity contribution in [3.8, 4) is 6.07 Å². The summed E-state index contributed by atoms with van der Waals surface area (Å²) in [5.74, 6) is -2.27. The van der Waals surface area contributed by atoms with Crippen molar-refractivity contribution < 1.29 is 22.3 Å². The molecular weight excluding hydrogens is 400 g/mol. The molecule has 0 saturated carbocycles. The molecule has 0 spiro atoms. The van der Waals surface area contributed by atoms with Crippen LogP contribution in [0.15, 0.2) is 42.6 Å². The Labute approximate surface area is 167 Å². The number of halogens is 2. The number of aromatic nitrogens is 1. The number of carbonyl (C=O) groups excluding carboxylic acids is 1. The minimum Gasteiger partial charge on any atom is -0.294 e. The Morgan fingerprint density at radius 1 is 1.24 bits per heavy atom. The van der Waals surface area contributed by atoms with E-state index in [0.29, 0.717) is 16.5 Å². The van der Waals surface area contributed by atoms with Crippen LogP contribution in [0, 0.1) is 23.0 Å². The maximum atomic E-state index is 14.8. The van der Waals surface area contributed by atoms with Crippen LogP contribution in [0.5, 0.6) is 0 Å². The van der Waals surface area contributed by atoms with E-state index in [0.717, 1.165) is 12.1 Å². The lowest BCUT2D eigenvalue weighted by molar-refractivity contribution is 0.103. The molecular formula is C20H15F2N3O3S. The SMILES string of the molecule is N#Cc1cnc2ccc(C(=O)c3cc(F)cc(CCCNS(=O)O)c3F)cc2c1. The van der Waals surface area contributed by atoms with Gasteiger partial charge in [0, 0.05) is 23.7 Å². The van der Waals surface area contributed by atoms with Crippen molar-refractivity contribution in [1.29, 1.82) is 5.26 Å². The zero-order chi connectivity index (χ0) is 21.0. The van der Waals surface area contributed by atoms with Crippen LogP contribution in [-0.4, -0.2) is 26.1 Å². The Kier molecular flexibility index (Phi) is 6.39. The molecule has 1 heterocycles. The Morgan fingerprint density at radius 2 is 2.03 bits per heavy atom. The van der Waals surface area contributed by atoms with Gasteiger partial charge in [-0.3, -0.25) is 14.3 Å². The molecule has 148 valence electrons. The van der Waals surface area contributed by atoms with Gasteiger partial charge in [-0.05, 0) is 54.8 Å². The topological polar surface area (TPSA) is 103 Å². The third-order valence-electron chi connectivity index (χ3n) is 4.28. The molecule has 29 heavy (non-hydrogen) atoms. The first-order valence-electron chi connectivity index (χ1n) is 8.56. The molecule has 0 bridgehead atoms. The van der Waals surface area contributed by atoms with Crippen molar-refractivity contribution in [3.63, 3.8) is 0 Å². The van der Waals surface area contributed by atoms with Gasteiger partial charge in [-0.1, -0.05) is 0 Å². The fraction of sp³-hybridized carbons (Fsp3) is 0.150. The summed E-state index contributed by atoms with van der Waals surface area (Å²) in [4.78, 5) is 16.9. The van der Waals surface area contributed by atoms with E-state index in [9.17, 15) is 17.8 Å². The maximum Gasteiger partial charge on any atom is 0.231 e. The number of hydrogen-bond donors (Lipinski definition) is 2. The summed E-state index contributed by atoms with van der Waals surface area (Å²) in [6.07, 6.45) is 1.77. The van der Waals surface area contributed by atoms with Crippen molar-refractivity contribution in [2.75, 3.05) is 6.54 Å². The van der Waals surface area contributed by atoms with Crippen LogP contribution in [0.4, 0.5) is 8.78 Å². The van der Waals surface area contributed by atoms with Gasteiger partial charge in [0.05, 0.1) is 16.6 Å². The van der Waals surface area contributed by atoms with Crippen LogP contribution in [0.25, 0.3) is 10.9 Å². The van der Waals surface area contributed by atoms with Crippen molar-refractivity contribution >= 4 is 28.0 Å². The predicted octanol–water partition coefficient (Wildman–Crippen LogP) is 3.27. The van der Waals surface area contributed by atoms with Gasteiger partial charge in [0.2, 0.25) is 11.3 Å². The summed E-state index contributed by atoms with van der Waals surface area (Å²) in [7, 11) is 0. The number of nitrogens with zero attached hydrogens (tertiary/aromatic N) is 2. The summed E-state index contributed by atoms with van der Waals surface area (Å²) in [5.41, 5.74) is 0.631. The smallest absolute Gasteiger partial charge is 0.231 e. The third-order valence-corrected chi connectivity index (χ3v) is 4.73. The largest absolute Gasteiger partial charge is 0.294 e. The minimum absolute atomic E-state index is 0.00750. The lowest BCUT2D eigenvalue weighted by Crippen LogP contribution is -2.18. The zero-order valence-electron chi connectivity index (χ0n) is 15.0. The number of carbonyl (C=O) groups is 1. The molecule has 0 saturated heterocycles. The van der Waals surface area contributed by atoms with Crippen molar-refractivity contribution in [2.24, 2.45) is 0 Å². The van der Waals surface area contributed by atoms with Crippen molar-refractivity contribution in [1.82, 2.24) is 9.71 Å². The monoisotopic (exact) mass is 415 g/mol. The first-order valence-corrected chi connectivity index (χ1v) is 9.66. The maximum absolute atomic E-state index is 14.8. The van der Waals surface area contributed by atoms with Crippen LogP contribution in [0.3, 0.4) is 0 Å². The standard InChI is InChI=1S/C20H15F2N3O3S/c21-16-8-13(2-1-5-25-29(27)28)19(22)17(9-16)20(26)14-3-4-18-15(7-14)6-12(10-23)11-24-18/h3-4,6-9,11,25H,1-2,5H2,(H,27,28). The minimum atomic E-state index is -2.18. The van der Waals surface area contributed by atoms with Crippen LogP contribution < -0.4 is 4.72 Å². The van der Waals surface area contributed by atoms with E-state index in [2.05, 4.69) is 9.71 Å². The van der Waals surface area contributed by atoms with Gasteiger partial charge < -0.3 is 0 Å². The summed E-state index contributed by atoms with van der Waals surface area (Å²) in [6, 6.07) is 9.89. The number of fused-ring (bicyclic) bond motifs is 1. The van der Waals surface area contributed by atoms with E-state index in [1.54, 1.807) is 12.1 Å². The van der Waals surface area contributed by atoms with Crippen LogP contribution in [0.1, 0.15) is 33.5 Å². The molecule has 1 atom stereocenters. The van der Waals surface area contributed by atoms with E-state index < -0.39 is 34.2 Å². The number of benzene rings is 2. The lowest BCUT2D eigenvalue weighted by atomic mass is 9.97. The second-order valence-electron chi connectivity index (χ2n) is 6.25. The van der Waals surface area contributed by atoms with Crippen LogP contribution >= 0.6 is 0 Å². The summed E-state index contributed by atoms with van der Waals surface area (Å²) in [5, 5.41) is 9.52. The van der Waals surface area contributed by atoms with Crippen LogP contribution in [-0.2, 0) is 17.7 Å². The van der Waals surface area contributed by atoms with Gasteiger partial charge >= 0.3 is 0 Å². The fourth-order valence-corrected chi connectivity index (χ4v) is 3.24. The number of ketones is 1. The van der Waals surface area contributed by atoms with E-state index in [1.165, 1.54) is 18.3 Å². The van der Waals surface area contributed by atoms with Crippen molar-refractivity contribution in [3.05, 3.63) is 76.5 Å². The molecule has 2 aromatic carbocycles. The van der Waals surface area contributed by atoms with Gasteiger partial charge in [-0.15, -0.1) is 0 Å². The number of hydrogen-bond acceptors (Lipinski definition) is 4. The van der Waals surface area contributed by atoms with E-state index in [4.69, 9.17) is 9.81 Å². The Morgan fingerprint density at radius 3 is 2.76 bits per heavy atom. The van der Waals surface area contributed by atoms with Gasteiger partial charge in [-0.25, -0.2) is 17.7 Å². The number of aryl methyl sites for hydroxylation is 1. The quantitative estimate of drug-likeness (QED) is 0.350. The average molecular weight is 415 g/mol. The van der Waals surface area contributed by atoms with Crippen LogP contribution in [0.2, 0.25) is 0 Å². The second-order valence-corrected chi connectivity index (χ2v) is 7.03. The molecule has 3 rings (SSSR count). The molecule has 3 aromatic rings. The highest BCUT2D eigenvalue weighted by Crippen LogP contribution is 2.23. The Bertz CT molecular complexity index is 1160. The molecule has 1 unspecified atom stereocenters. The Balaban J connectivity index is 1.91. The molecule has 0 aliphatic carbocycles. The molecule has 0 aliphatic heterocycles. The third kappa shape index (κ3) is 4.86. The highest BCUT2D eigenvalue weighted by molar-refractivity contribution is 7.77. The summed E-state index contributed by atoms with van der Waals surface area (Å²) >= 11 is -2.18. The summed E-state index contributed by atoms with van der Waals surface area (Å²) in [6.45, 7) is 0.126. The number of rotatable bonds is 7. The average Bonchev–Trinajstić information content (AvgIpc) is 2.71. The van der Waals surface area contributed by atoms with Gasteiger partial charge in [0.15, 0.2) is 5.78 Å². The molecule has 0 amide bonds. The van der Waals surface area contributed by atoms with Gasteiger partial charge in [0.25, 0.3) is 0 Å². The fourth-order valence-electron chi connectivity index (χ4n) is 2.92. The predicted molar refractivity (Wildman–Crippen MR) is 103 cm³/mol. The molecule has 0 aliphatic rings. The second kappa shape index (κ2) is 8.96. The van der Waals surface area contributed by atoms with E-state index in [-0.39, 0.29) is 30.5 Å². The first kappa shape index (κ1) is 20.7. The molecule has 6 nitrogen and oxygen atoms in total. The number of pyridine rings is 1. The lowest BCUT2D eigenvalue weighted by Gasteiger charge is -2.09. The molecule has 2 N–H and O–H groups in total. The van der Waals surface area contributed by atoms with E-state index >= 15 is 0 Å². The highest BCUT2D eigenvalue weighted by atomic mass is 32.2. The molecule has 0 fully saturated rings. The molecule has 9 heteroatoms. The molecule has 1 aromatic heterocycles. The van der Waals surface area contributed by atoms with Gasteiger partial charge in [0.1, 0.15) is 17.7 Å². The van der Waals surface area contributed by atoms with Gasteiger partial charge in [-0.2, -0.15) is 5.26 Å². The zero-order valence-corrected chi connectivity index (χ0v) is 15.8. The summed E-state index contributed by atoms with van der Waals surface area (Å²) < 4.78 is 50.3. The number of nitriles is 1.